The van der Waals surface area contributed by atoms with Crippen LogP contribution in [0.4, 0.5) is 28.8 Å². The summed E-state index contributed by atoms with van der Waals surface area (Å²) >= 11 is 0. The van der Waals surface area contributed by atoms with Gasteiger partial charge in [0.05, 0.1) is 4.90 Å². The number of pyridine rings is 1. The van der Waals surface area contributed by atoms with Gasteiger partial charge >= 0.3 is 0 Å². The number of aromatic nitrogens is 3. The number of fused-ring (bicyclic) bond motifs is 1. The van der Waals surface area contributed by atoms with E-state index in [1.807, 2.05) is 19.1 Å². The zero-order valence-electron chi connectivity index (χ0n) is 19.6. The molecule has 5 rings (SSSR count). The number of hydrogen-bond acceptors (Lipinski definition) is 9. The molecule has 1 aliphatic rings. The summed E-state index contributed by atoms with van der Waals surface area (Å²) in [6.07, 6.45) is 1.73. The van der Waals surface area contributed by atoms with Crippen molar-refractivity contribution in [1.82, 2.24) is 15.0 Å². The molecule has 2 aromatic heterocycles. The van der Waals surface area contributed by atoms with Gasteiger partial charge in [0, 0.05) is 29.7 Å². The topological polar surface area (TPSA) is 127 Å². The lowest BCUT2D eigenvalue weighted by Crippen LogP contribution is -2.17. The molecule has 36 heavy (non-hydrogen) atoms. The molecule has 4 aromatic rings. The second-order valence-corrected chi connectivity index (χ2v) is 9.82. The molecule has 0 atom stereocenters. The van der Waals surface area contributed by atoms with Gasteiger partial charge in [-0.1, -0.05) is 0 Å². The summed E-state index contributed by atoms with van der Waals surface area (Å²) < 4.78 is 39.3. The van der Waals surface area contributed by atoms with E-state index in [0.29, 0.717) is 53.7 Å². The highest BCUT2D eigenvalue weighted by Gasteiger charge is 2.19. The van der Waals surface area contributed by atoms with Crippen LogP contribution >= 0.6 is 0 Å². The van der Waals surface area contributed by atoms with Crippen LogP contribution in [-0.2, 0) is 10.0 Å². The molecular formula is C25H24N6O4S. The summed E-state index contributed by atoms with van der Waals surface area (Å²) in [5.41, 5.74) is 2.23. The first kappa shape index (κ1) is 23.4. The molecule has 0 radical (unpaired) electrons. The normalized spacial score (nSPS) is 12.6. The molecule has 0 aliphatic carbocycles. The maximum atomic E-state index is 12.9. The molecule has 1 aliphatic heterocycles. The summed E-state index contributed by atoms with van der Waals surface area (Å²) in [5, 5.41) is 6.40. The van der Waals surface area contributed by atoms with Gasteiger partial charge in [-0.15, -0.1) is 0 Å². The van der Waals surface area contributed by atoms with Crippen molar-refractivity contribution >= 4 is 38.9 Å². The lowest BCUT2D eigenvalue weighted by molar-refractivity contribution is 0.171. The number of nitrogens with one attached hydrogen (secondary N) is 3. The van der Waals surface area contributed by atoms with Crippen molar-refractivity contribution in [2.24, 2.45) is 0 Å². The summed E-state index contributed by atoms with van der Waals surface area (Å²) in [6, 6.07) is 17.0. The van der Waals surface area contributed by atoms with Crippen LogP contribution in [0.25, 0.3) is 0 Å². The molecule has 0 fully saturated rings. The van der Waals surface area contributed by atoms with Crippen molar-refractivity contribution < 1.29 is 17.9 Å². The Morgan fingerprint density at radius 3 is 2.19 bits per heavy atom. The Balaban J connectivity index is 1.28. The highest BCUT2D eigenvalue weighted by Crippen LogP contribution is 2.33. The van der Waals surface area contributed by atoms with E-state index < -0.39 is 10.0 Å². The van der Waals surface area contributed by atoms with E-state index in [1.165, 1.54) is 12.1 Å². The number of anilines is 5. The Bertz CT molecular complexity index is 1510. The highest BCUT2D eigenvalue weighted by molar-refractivity contribution is 7.92. The maximum Gasteiger partial charge on any atom is 0.262 e. The fraction of sp³-hybridized carbons (Fsp3) is 0.160. The highest BCUT2D eigenvalue weighted by atomic mass is 32.2. The lowest BCUT2D eigenvalue weighted by Gasteiger charge is -2.19. The lowest BCUT2D eigenvalue weighted by atomic mass is 10.3. The number of sulfonamides is 1. The minimum Gasteiger partial charge on any atom is -0.486 e. The van der Waals surface area contributed by atoms with Gasteiger partial charge < -0.3 is 20.1 Å². The summed E-state index contributed by atoms with van der Waals surface area (Å²) in [4.78, 5) is 13.2. The molecule has 3 heterocycles. The number of ether oxygens (including phenoxy) is 2. The van der Waals surface area contributed by atoms with Crippen LogP contribution in [0.5, 0.6) is 11.5 Å². The quantitative estimate of drug-likeness (QED) is 0.332. The zero-order valence-corrected chi connectivity index (χ0v) is 20.5. The standard InChI is InChI=1S/C25H24N6O4S/c1-16-9-10-26-23(13-16)30-25-15-24(27-17(2)28-25)29-18-3-5-19(6-4-18)31-36(32,33)20-7-8-21-22(14-20)35-12-11-34-21/h3-10,13-15,31H,11-12H2,1-2H3,(H2,26,27,28,29,30). The van der Waals surface area contributed by atoms with Crippen molar-refractivity contribution in [2.45, 2.75) is 18.7 Å². The summed E-state index contributed by atoms with van der Waals surface area (Å²) in [7, 11) is -3.80. The number of benzene rings is 2. The van der Waals surface area contributed by atoms with Crippen LogP contribution in [0.1, 0.15) is 11.4 Å². The van der Waals surface area contributed by atoms with Crippen LogP contribution in [0.15, 0.2) is 71.8 Å². The van der Waals surface area contributed by atoms with E-state index in [4.69, 9.17) is 9.47 Å². The molecular weight excluding hydrogens is 480 g/mol. The number of nitrogens with zero attached hydrogens (tertiary/aromatic N) is 3. The van der Waals surface area contributed by atoms with Gasteiger partial charge in [-0.2, -0.15) is 0 Å². The van der Waals surface area contributed by atoms with Crippen molar-refractivity contribution in [3.63, 3.8) is 0 Å². The molecule has 10 nitrogen and oxygen atoms in total. The van der Waals surface area contributed by atoms with Crippen LogP contribution < -0.4 is 24.8 Å². The molecule has 0 saturated heterocycles. The third-order valence-corrected chi connectivity index (χ3v) is 6.62. The molecule has 0 amide bonds. The summed E-state index contributed by atoms with van der Waals surface area (Å²) in [6.45, 7) is 4.61. The van der Waals surface area contributed by atoms with Crippen LogP contribution in [0, 0.1) is 13.8 Å². The predicted molar refractivity (Wildman–Crippen MR) is 137 cm³/mol. The van der Waals surface area contributed by atoms with Crippen LogP contribution in [-0.4, -0.2) is 36.6 Å². The fourth-order valence-corrected chi connectivity index (χ4v) is 4.68. The Hall–Kier alpha value is -4.38. The van der Waals surface area contributed by atoms with Crippen LogP contribution in [0.2, 0.25) is 0 Å². The van der Waals surface area contributed by atoms with Crippen molar-refractivity contribution in [2.75, 3.05) is 28.6 Å². The molecule has 3 N–H and O–H groups in total. The minimum absolute atomic E-state index is 0.0912. The van der Waals surface area contributed by atoms with Gasteiger partial charge in [-0.25, -0.2) is 23.4 Å². The van der Waals surface area contributed by atoms with E-state index >= 15 is 0 Å². The fourth-order valence-electron chi connectivity index (χ4n) is 3.61. The first-order chi connectivity index (χ1) is 17.3. The summed E-state index contributed by atoms with van der Waals surface area (Å²) in [5.74, 6) is 3.40. The number of aryl methyl sites for hydroxylation is 2. The van der Waals surface area contributed by atoms with Crippen molar-refractivity contribution in [3.05, 3.63) is 78.2 Å². The van der Waals surface area contributed by atoms with E-state index in [2.05, 4.69) is 30.3 Å². The number of hydrogen-bond donors (Lipinski definition) is 3. The van der Waals surface area contributed by atoms with Gasteiger partial charge in [-0.05, 0) is 67.9 Å². The van der Waals surface area contributed by atoms with Gasteiger partial charge in [-0.3, -0.25) is 4.72 Å². The third kappa shape index (κ3) is 5.47. The molecule has 11 heteroatoms. The maximum absolute atomic E-state index is 12.9. The average Bonchev–Trinajstić information content (AvgIpc) is 2.84. The van der Waals surface area contributed by atoms with Crippen molar-refractivity contribution in [3.8, 4) is 11.5 Å². The van der Waals surface area contributed by atoms with Gasteiger partial charge in [0.2, 0.25) is 0 Å². The first-order valence-corrected chi connectivity index (χ1v) is 12.7. The molecule has 184 valence electrons. The van der Waals surface area contributed by atoms with Gasteiger partial charge in [0.15, 0.2) is 11.5 Å². The van der Waals surface area contributed by atoms with Crippen molar-refractivity contribution in [1.29, 1.82) is 0 Å². The third-order valence-electron chi connectivity index (χ3n) is 5.24. The SMILES string of the molecule is Cc1ccnc(Nc2cc(Nc3ccc(NS(=O)(=O)c4ccc5c(c4)OCCO5)cc3)nc(C)n2)c1. The van der Waals surface area contributed by atoms with E-state index in [1.54, 1.807) is 49.5 Å². The predicted octanol–water partition coefficient (Wildman–Crippen LogP) is 4.55. The minimum atomic E-state index is -3.80. The van der Waals surface area contributed by atoms with Gasteiger partial charge in [0.25, 0.3) is 10.0 Å². The van der Waals surface area contributed by atoms with E-state index in [0.717, 1.165) is 11.3 Å². The second-order valence-electron chi connectivity index (χ2n) is 8.14. The van der Waals surface area contributed by atoms with E-state index in [-0.39, 0.29) is 4.90 Å². The monoisotopic (exact) mass is 504 g/mol. The molecule has 0 bridgehead atoms. The zero-order chi connectivity index (χ0) is 25.1. The first-order valence-electron chi connectivity index (χ1n) is 11.2. The Morgan fingerprint density at radius 1 is 0.750 bits per heavy atom. The Morgan fingerprint density at radius 2 is 1.44 bits per heavy atom. The average molecular weight is 505 g/mol. The second kappa shape index (κ2) is 9.70. The Labute approximate surface area is 208 Å². The smallest absolute Gasteiger partial charge is 0.262 e. The molecule has 0 spiro atoms. The molecule has 2 aromatic carbocycles. The van der Waals surface area contributed by atoms with E-state index in [9.17, 15) is 8.42 Å². The molecule has 0 saturated carbocycles. The Kier molecular flexibility index (Phi) is 6.30. The molecule has 0 unspecified atom stereocenters. The largest absolute Gasteiger partial charge is 0.486 e. The van der Waals surface area contributed by atoms with Crippen LogP contribution in [0.3, 0.4) is 0 Å². The van der Waals surface area contributed by atoms with Gasteiger partial charge in [0.1, 0.15) is 36.5 Å². The number of rotatable bonds is 7.